The Morgan fingerprint density at radius 3 is 2.64 bits per heavy atom. The average Bonchev–Trinajstić information content (AvgIpc) is 2.33. The van der Waals surface area contributed by atoms with Crippen LogP contribution in [0.4, 0.5) is 0 Å². The van der Waals surface area contributed by atoms with Crippen molar-refractivity contribution in [2.45, 2.75) is 26.7 Å². The SMILES string of the molecule is CC(CCO)CN1C(=O)CC(C)C1=O. The van der Waals surface area contributed by atoms with Gasteiger partial charge in [-0.3, -0.25) is 14.5 Å². The summed E-state index contributed by atoms with van der Waals surface area (Å²) in [7, 11) is 0. The second-order valence-electron chi connectivity index (χ2n) is 4.07. The third kappa shape index (κ3) is 2.32. The Hall–Kier alpha value is -0.900. The quantitative estimate of drug-likeness (QED) is 0.667. The Bertz CT molecular complexity index is 240. The minimum absolute atomic E-state index is 0.0696. The van der Waals surface area contributed by atoms with Crippen LogP contribution in [-0.2, 0) is 9.59 Å². The fourth-order valence-corrected chi connectivity index (χ4v) is 1.66. The van der Waals surface area contributed by atoms with Crippen LogP contribution in [-0.4, -0.2) is 35.0 Å². The third-order valence-corrected chi connectivity index (χ3v) is 2.59. The van der Waals surface area contributed by atoms with Crippen molar-refractivity contribution in [2.75, 3.05) is 13.2 Å². The van der Waals surface area contributed by atoms with Crippen LogP contribution >= 0.6 is 0 Å². The molecule has 1 aliphatic rings. The highest BCUT2D eigenvalue weighted by molar-refractivity contribution is 6.03. The van der Waals surface area contributed by atoms with E-state index >= 15 is 0 Å². The summed E-state index contributed by atoms with van der Waals surface area (Å²) in [5.74, 6) is -0.130. The van der Waals surface area contributed by atoms with E-state index in [1.54, 1.807) is 6.92 Å². The van der Waals surface area contributed by atoms with Crippen molar-refractivity contribution in [2.24, 2.45) is 11.8 Å². The molecule has 2 atom stereocenters. The molecule has 0 aromatic heterocycles. The van der Waals surface area contributed by atoms with E-state index in [1.165, 1.54) is 4.90 Å². The van der Waals surface area contributed by atoms with Gasteiger partial charge in [-0.2, -0.15) is 0 Å². The molecule has 1 fully saturated rings. The molecule has 1 N–H and O–H groups in total. The van der Waals surface area contributed by atoms with Crippen molar-refractivity contribution in [3.8, 4) is 0 Å². The van der Waals surface area contributed by atoms with Crippen LogP contribution in [0.3, 0.4) is 0 Å². The first-order valence-corrected chi connectivity index (χ1v) is 5.01. The van der Waals surface area contributed by atoms with Crippen LogP contribution < -0.4 is 0 Å². The molecule has 1 heterocycles. The highest BCUT2D eigenvalue weighted by Crippen LogP contribution is 2.20. The fraction of sp³-hybridized carbons (Fsp3) is 0.800. The van der Waals surface area contributed by atoms with Gasteiger partial charge in [0.2, 0.25) is 11.8 Å². The molecule has 4 heteroatoms. The molecule has 1 rings (SSSR count). The van der Waals surface area contributed by atoms with Gasteiger partial charge in [0.05, 0.1) is 0 Å². The number of carbonyl (C=O) groups excluding carboxylic acids is 2. The monoisotopic (exact) mass is 199 g/mol. The number of aliphatic hydroxyl groups excluding tert-OH is 1. The van der Waals surface area contributed by atoms with Crippen LogP contribution in [0.15, 0.2) is 0 Å². The summed E-state index contributed by atoms with van der Waals surface area (Å²) in [6.07, 6.45) is 0.968. The summed E-state index contributed by atoms with van der Waals surface area (Å²) in [5.41, 5.74) is 0. The van der Waals surface area contributed by atoms with E-state index in [2.05, 4.69) is 0 Å². The van der Waals surface area contributed by atoms with Gasteiger partial charge in [-0.15, -0.1) is 0 Å². The molecule has 1 saturated heterocycles. The standard InChI is InChI=1S/C10H17NO3/c1-7(3-4-12)6-11-9(13)5-8(2)10(11)14/h7-8,12H,3-6H2,1-2H3. The second-order valence-corrected chi connectivity index (χ2v) is 4.07. The predicted molar refractivity (Wildman–Crippen MR) is 51.4 cm³/mol. The number of imide groups is 1. The zero-order chi connectivity index (χ0) is 10.7. The molecule has 2 unspecified atom stereocenters. The first kappa shape index (κ1) is 11.2. The molecule has 4 nitrogen and oxygen atoms in total. The van der Waals surface area contributed by atoms with Gasteiger partial charge in [-0.25, -0.2) is 0 Å². The largest absolute Gasteiger partial charge is 0.396 e. The Balaban J connectivity index is 2.51. The summed E-state index contributed by atoms with van der Waals surface area (Å²) in [5, 5.41) is 8.71. The summed E-state index contributed by atoms with van der Waals surface area (Å²) < 4.78 is 0. The van der Waals surface area contributed by atoms with Crippen LogP contribution in [0.2, 0.25) is 0 Å². The van der Waals surface area contributed by atoms with E-state index < -0.39 is 0 Å². The van der Waals surface area contributed by atoms with Gasteiger partial charge >= 0.3 is 0 Å². The minimum Gasteiger partial charge on any atom is -0.396 e. The van der Waals surface area contributed by atoms with Gasteiger partial charge in [0, 0.05) is 25.5 Å². The van der Waals surface area contributed by atoms with Crippen molar-refractivity contribution in [1.82, 2.24) is 4.90 Å². The Labute approximate surface area is 83.9 Å². The number of carbonyl (C=O) groups is 2. The first-order valence-electron chi connectivity index (χ1n) is 5.01. The molecule has 14 heavy (non-hydrogen) atoms. The van der Waals surface area contributed by atoms with E-state index in [9.17, 15) is 9.59 Å². The maximum atomic E-state index is 11.5. The second kappa shape index (κ2) is 4.55. The summed E-state index contributed by atoms with van der Waals surface area (Å²) in [6.45, 7) is 4.26. The van der Waals surface area contributed by atoms with Crippen LogP contribution in [0.1, 0.15) is 26.7 Å². The van der Waals surface area contributed by atoms with Crippen molar-refractivity contribution in [3.63, 3.8) is 0 Å². The molecule has 0 aliphatic carbocycles. The van der Waals surface area contributed by atoms with Crippen LogP contribution in [0.25, 0.3) is 0 Å². The molecule has 0 aromatic carbocycles. The van der Waals surface area contributed by atoms with Crippen molar-refractivity contribution in [1.29, 1.82) is 0 Å². The Kier molecular flexibility index (Phi) is 3.63. The maximum absolute atomic E-state index is 11.5. The molecule has 0 aromatic rings. The van der Waals surface area contributed by atoms with Gasteiger partial charge in [-0.1, -0.05) is 13.8 Å². The van der Waals surface area contributed by atoms with Crippen molar-refractivity contribution in [3.05, 3.63) is 0 Å². The number of hydrogen-bond donors (Lipinski definition) is 1. The number of amides is 2. The van der Waals surface area contributed by atoms with Gasteiger partial charge in [-0.05, 0) is 12.3 Å². The highest BCUT2D eigenvalue weighted by atomic mass is 16.3. The minimum atomic E-state index is -0.163. The van der Waals surface area contributed by atoms with E-state index in [-0.39, 0.29) is 30.3 Å². The van der Waals surface area contributed by atoms with Gasteiger partial charge in [0.1, 0.15) is 0 Å². The third-order valence-electron chi connectivity index (χ3n) is 2.59. The predicted octanol–water partition coefficient (Wildman–Crippen LogP) is 0.400. The summed E-state index contributed by atoms with van der Waals surface area (Å²) >= 11 is 0. The van der Waals surface area contributed by atoms with Gasteiger partial charge < -0.3 is 5.11 Å². The molecule has 0 spiro atoms. The zero-order valence-electron chi connectivity index (χ0n) is 8.69. The lowest BCUT2D eigenvalue weighted by Gasteiger charge is -2.18. The highest BCUT2D eigenvalue weighted by Gasteiger charge is 2.35. The van der Waals surface area contributed by atoms with Crippen LogP contribution in [0.5, 0.6) is 0 Å². The normalized spacial score (nSPS) is 24.5. The number of hydrogen-bond acceptors (Lipinski definition) is 3. The summed E-state index contributed by atoms with van der Waals surface area (Å²) in [6, 6.07) is 0. The smallest absolute Gasteiger partial charge is 0.232 e. The van der Waals surface area contributed by atoms with E-state index in [1.807, 2.05) is 6.92 Å². The lowest BCUT2D eigenvalue weighted by atomic mass is 10.1. The van der Waals surface area contributed by atoms with Crippen molar-refractivity contribution >= 4 is 11.8 Å². The van der Waals surface area contributed by atoms with E-state index in [4.69, 9.17) is 5.11 Å². The number of likely N-dealkylation sites (tertiary alicyclic amines) is 1. The molecule has 0 radical (unpaired) electrons. The molecular weight excluding hydrogens is 182 g/mol. The first-order chi connectivity index (χ1) is 6.56. The van der Waals surface area contributed by atoms with Crippen molar-refractivity contribution < 1.29 is 14.7 Å². The molecule has 0 bridgehead atoms. The van der Waals surface area contributed by atoms with Gasteiger partial charge in [0.25, 0.3) is 0 Å². The lowest BCUT2D eigenvalue weighted by molar-refractivity contribution is -0.139. The number of rotatable bonds is 4. The summed E-state index contributed by atoms with van der Waals surface area (Å²) in [4.78, 5) is 24.2. The topological polar surface area (TPSA) is 57.6 Å². The van der Waals surface area contributed by atoms with E-state index in [0.717, 1.165) is 0 Å². The Morgan fingerprint density at radius 2 is 2.21 bits per heavy atom. The number of aliphatic hydroxyl groups is 1. The molecule has 1 aliphatic heterocycles. The molecule has 2 amide bonds. The lowest BCUT2D eigenvalue weighted by Crippen LogP contribution is -2.34. The molecule has 0 saturated carbocycles. The zero-order valence-corrected chi connectivity index (χ0v) is 8.69. The number of nitrogens with zero attached hydrogens (tertiary/aromatic N) is 1. The Morgan fingerprint density at radius 1 is 1.57 bits per heavy atom. The maximum Gasteiger partial charge on any atom is 0.232 e. The molecule has 80 valence electrons. The fourth-order valence-electron chi connectivity index (χ4n) is 1.66. The van der Waals surface area contributed by atoms with Crippen LogP contribution in [0, 0.1) is 11.8 Å². The van der Waals surface area contributed by atoms with E-state index in [0.29, 0.717) is 19.4 Å². The average molecular weight is 199 g/mol. The van der Waals surface area contributed by atoms with Gasteiger partial charge in [0.15, 0.2) is 0 Å². The molecular formula is C10H17NO3.